The molecule has 0 aliphatic rings. The number of nitrogens with one attached hydrogen (secondary N) is 1. The van der Waals surface area contributed by atoms with Gasteiger partial charge in [0.2, 0.25) is 10.0 Å². The van der Waals surface area contributed by atoms with Gasteiger partial charge in [0.15, 0.2) is 5.69 Å². The first kappa shape index (κ1) is 10.6. The van der Waals surface area contributed by atoms with Crippen LogP contribution in [-0.2, 0) is 10.0 Å². The van der Waals surface area contributed by atoms with E-state index in [1.165, 1.54) is 18.2 Å². The molecule has 0 atom stereocenters. The van der Waals surface area contributed by atoms with E-state index in [4.69, 9.17) is 10.2 Å². The van der Waals surface area contributed by atoms with E-state index in [2.05, 4.69) is 10.2 Å². The molecule has 0 saturated carbocycles. The van der Waals surface area contributed by atoms with Crippen LogP contribution >= 0.6 is 0 Å². The van der Waals surface area contributed by atoms with Crippen LogP contribution in [0.3, 0.4) is 0 Å². The van der Waals surface area contributed by atoms with Gasteiger partial charge in [-0.2, -0.15) is 5.10 Å². The number of carbonyl (C=O) groups is 1. The Morgan fingerprint density at radius 3 is 2.69 bits per heavy atom. The van der Waals surface area contributed by atoms with Gasteiger partial charge in [-0.25, -0.2) is 18.4 Å². The highest BCUT2D eigenvalue weighted by Crippen LogP contribution is 2.22. The van der Waals surface area contributed by atoms with Gasteiger partial charge in [0.05, 0.1) is 0 Å². The summed E-state index contributed by atoms with van der Waals surface area (Å²) in [6.45, 7) is 0. The van der Waals surface area contributed by atoms with E-state index in [-0.39, 0.29) is 21.5 Å². The summed E-state index contributed by atoms with van der Waals surface area (Å²) in [7, 11) is -3.92. The molecule has 1 heterocycles. The first-order valence-corrected chi connectivity index (χ1v) is 5.69. The summed E-state index contributed by atoms with van der Waals surface area (Å²) in [6, 6.07) is 4.13. The predicted octanol–water partition coefficient (Wildman–Crippen LogP) is -0.0915. The normalized spacial score (nSPS) is 11.8. The van der Waals surface area contributed by atoms with Crippen LogP contribution in [0.4, 0.5) is 0 Å². The van der Waals surface area contributed by atoms with Crippen molar-refractivity contribution in [2.24, 2.45) is 5.14 Å². The molecular formula is C8H7N3O4S. The fourth-order valence-corrected chi connectivity index (χ4v) is 2.10. The number of carboxylic acid groups (broad SMARTS) is 1. The van der Waals surface area contributed by atoms with Crippen molar-refractivity contribution in [3.8, 4) is 0 Å². The van der Waals surface area contributed by atoms with Gasteiger partial charge in [-0.15, -0.1) is 0 Å². The monoisotopic (exact) mass is 241 g/mol. The molecule has 0 saturated heterocycles. The first-order valence-electron chi connectivity index (χ1n) is 4.14. The minimum absolute atomic E-state index is 0.0300. The molecule has 2 aromatic rings. The zero-order valence-electron chi connectivity index (χ0n) is 7.84. The second-order valence-corrected chi connectivity index (χ2v) is 4.63. The zero-order chi connectivity index (χ0) is 11.9. The average molecular weight is 241 g/mol. The Kier molecular flexibility index (Phi) is 2.17. The molecule has 0 aliphatic carbocycles. The standard InChI is InChI=1S/C8H7N3O4S/c9-16(14,15)5-3-1-2-4-6(5)10-11-7(4)8(12)13/h1-3H,(H,10,11)(H,12,13)(H2,9,14,15). The van der Waals surface area contributed by atoms with Crippen molar-refractivity contribution in [3.63, 3.8) is 0 Å². The van der Waals surface area contributed by atoms with Gasteiger partial charge in [0, 0.05) is 5.39 Å². The maximum Gasteiger partial charge on any atom is 0.354 e. The van der Waals surface area contributed by atoms with Gasteiger partial charge in [-0.05, 0) is 6.07 Å². The Balaban J connectivity index is 2.87. The molecule has 7 nitrogen and oxygen atoms in total. The van der Waals surface area contributed by atoms with E-state index in [0.717, 1.165) is 0 Å². The number of benzene rings is 1. The van der Waals surface area contributed by atoms with Gasteiger partial charge in [0.1, 0.15) is 10.4 Å². The topological polar surface area (TPSA) is 126 Å². The molecule has 0 unspecified atom stereocenters. The van der Waals surface area contributed by atoms with Crippen molar-refractivity contribution in [3.05, 3.63) is 23.9 Å². The second kappa shape index (κ2) is 3.29. The lowest BCUT2D eigenvalue weighted by atomic mass is 10.2. The largest absolute Gasteiger partial charge is 0.477 e. The number of fused-ring (bicyclic) bond motifs is 1. The summed E-state index contributed by atoms with van der Waals surface area (Å²) in [6.07, 6.45) is 0. The van der Waals surface area contributed by atoms with Crippen LogP contribution in [0.1, 0.15) is 10.5 Å². The lowest BCUT2D eigenvalue weighted by Crippen LogP contribution is -2.12. The predicted molar refractivity (Wildman–Crippen MR) is 54.4 cm³/mol. The summed E-state index contributed by atoms with van der Waals surface area (Å²) < 4.78 is 22.4. The number of primary sulfonamides is 1. The number of nitrogens with zero attached hydrogens (tertiary/aromatic N) is 1. The van der Waals surface area contributed by atoms with Crippen molar-refractivity contribution >= 4 is 26.9 Å². The van der Waals surface area contributed by atoms with E-state index >= 15 is 0 Å². The Morgan fingerprint density at radius 1 is 1.44 bits per heavy atom. The van der Waals surface area contributed by atoms with Gasteiger partial charge < -0.3 is 5.11 Å². The van der Waals surface area contributed by atoms with E-state index in [1.807, 2.05) is 0 Å². The minimum atomic E-state index is -3.92. The molecule has 4 N–H and O–H groups in total. The van der Waals surface area contributed by atoms with Crippen molar-refractivity contribution in [2.75, 3.05) is 0 Å². The number of hydrogen-bond acceptors (Lipinski definition) is 4. The molecule has 2 rings (SSSR count). The molecule has 0 bridgehead atoms. The van der Waals surface area contributed by atoms with Crippen LogP contribution in [0.25, 0.3) is 10.9 Å². The number of carboxylic acids is 1. The summed E-state index contributed by atoms with van der Waals surface area (Å²) >= 11 is 0. The highest BCUT2D eigenvalue weighted by Gasteiger charge is 2.19. The van der Waals surface area contributed by atoms with Crippen LogP contribution in [0.2, 0.25) is 0 Å². The third kappa shape index (κ3) is 1.53. The third-order valence-corrected chi connectivity index (χ3v) is 3.01. The highest BCUT2D eigenvalue weighted by atomic mass is 32.2. The van der Waals surface area contributed by atoms with Crippen molar-refractivity contribution in [1.82, 2.24) is 10.2 Å². The van der Waals surface area contributed by atoms with Gasteiger partial charge >= 0.3 is 5.97 Å². The summed E-state index contributed by atoms with van der Waals surface area (Å²) in [5, 5.41) is 19.9. The van der Waals surface area contributed by atoms with Crippen molar-refractivity contribution < 1.29 is 18.3 Å². The smallest absolute Gasteiger partial charge is 0.354 e. The van der Waals surface area contributed by atoms with E-state index < -0.39 is 16.0 Å². The first-order chi connectivity index (χ1) is 7.41. The summed E-state index contributed by atoms with van der Waals surface area (Å²) in [4.78, 5) is 10.6. The van der Waals surface area contributed by atoms with Crippen molar-refractivity contribution in [1.29, 1.82) is 0 Å². The van der Waals surface area contributed by atoms with Crippen LogP contribution in [-0.4, -0.2) is 29.7 Å². The number of nitrogens with two attached hydrogens (primary N) is 1. The molecule has 0 radical (unpaired) electrons. The molecular weight excluding hydrogens is 234 g/mol. The number of H-pyrrole nitrogens is 1. The van der Waals surface area contributed by atoms with E-state index in [0.29, 0.717) is 0 Å². The van der Waals surface area contributed by atoms with Gasteiger partial charge in [-0.3, -0.25) is 5.10 Å². The Morgan fingerprint density at radius 2 is 2.12 bits per heavy atom. The fourth-order valence-electron chi connectivity index (χ4n) is 1.40. The molecule has 8 heteroatoms. The quantitative estimate of drug-likeness (QED) is 0.677. The molecule has 0 spiro atoms. The zero-order valence-corrected chi connectivity index (χ0v) is 8.65. The molecule has 0 aliphatic heterocycles. The number of para-hydroxylation sites is 1. The number of aromatic amines is 1. The molecule has 1 aromatic heterocycles. The molecule has 0 amide bonds. The minimum Gasteiger partial charge on any atom is -0.477 e. The molecule has 84 valence electrons. The molecule has 0 fully saturated rings. The summed E-state index contributed by atoms with van der Waals surface area (Å²) in [5.41, 5.74) is -0.136. The number of aromatic nitrogens is 2. The van der Waals surface area contributed by atoms with Crippen LogP contribution in [0, 0.1) is 0 Å². The van der Waals surface area contributed by atoms with Gasteiger partial charge in [0.25, 0.3) is 0 Å². The Labute approximate surface area is 89.9 Å². The van der Waals surface area contributed by atoms with E-state index in [9.17, 15) is 13.2 Å². The number of rotatable bonds is 2. The highest BCUT2D eigenvalue weighted by molar-refractivity contribution is 7.89. The number of aromatic carboxylic acids is 1. The SMILES string of the molecule is NS(=O)(=O)c1cccc2c(C(=O)O)[nH]nc12. The third-order valence-electron chi connectivity index (χ3n) is 2.07. The number of sulfonamides is 1. The maximum absolute atomic E-state index is 11.2. The van der Waals surface area contributed by atoms with Crippen LogP contribution < -0.4 is 5.14 Å². The lowest BCUT2D eigenvalue weighted by Gasteiger charge is -1.98. The van der Waals surface area contributed by atoms with Crippen molar-refractivity contribution in [2.45, 2.75) is 4.90 Å². The lowest BCUT2D eigenvalue weighted by molar-refractivity contribution is 0.0692. The fraction of sp³-hybridized carbons (Fsp3) is 0. The van der Waals surface area contributed by atoms with Gasteiger partial charge in [-0.1, -0.05) is 12.1 Å². The Bertz CT molecular complexity index is 674. The molecule has 16 heavy (non-hydrogen) atoms. The second-order valence-electron chi connectivity index (χ2n) is 3.10. The van der Waals surface area contributed by atoms with Crippen LogP contribution in [0.15, 0.2) is 23.1 Å². The Hall–Kier alpha value is -1.93. The van der Waals surface area contributed by atoms with E-state index in [1.54, 1.807) is 0 Å². The number of hydrogen-bond donors (Lipinski definition) is 3. The maximum atomic E-state index is 11.2. The summed E-state index contributed by atoms with van der Waals surface area (Å²) in [5.74, 6) is -1.21. The van der Waals surface area contributed by atoms with Crippen LogP contribution in [0.5, 0.6) is 0 Å². The average Bonchev–Trinajstić information content (AvgIpc) is 2.58. The molecule has 1 aromatic carbocycles.